The summed E-state index contributed by atoms with van der Waals surface area (Å²) in [5.74, 6) is 0.856. The molecule has 0 aromatic heterocycles. The average Bonchev–Trinajstić information content (AvgIpc) is 2.06. The van der Waals surface area contributed by atoms with E-state index in [1.54, 1.807) is 0 Å². The first-order valence-electron chi connectivity index (χ1n) is 3.39. The molecule has 0 aliphatic rings. The lowest BCUT2D eigenvalue weighted by atomic mass is 10.3. The highest BCUT2D eigenvalue weighted by Crippen LogP contribution is 2.31. The Bertz CT molecular complexity index is 227. The van der Waals surface area contributed by atoms with Crippen LogP contribution >= 0.6 is 21.7 Å². The molecule has 0 spiro atoms. The molecule has 3 heteroatoms. The van der Waals surface area contributed by atoms with Gasteiger partial charge in [0.1, 0.15) is 5.75 Å². The molecule has 0 saturated carbocycles. The van der Waals surface area contributed by atoms with Crippen molar-refractivity contribution >= 4 is 21.7 Å². The van der Waals surface area contributed by atoms with Crippen molar-refractivity contribution in [1.82, 2.24) is 0 Å². The monoisotopic (exact) mass is 188 g/mol. The van der Waals surface area contributed by atoms with Gasteiger partial charge in [-0.1, -0.05) is 12.1 Å². The van der Waals surface area contributed by atoms with E-state index in [0.29, 0.717) is 6.61 Å². The second-order valence-corrected chi connectivity index (χ2v) is 3.01. The van der Waals surface area contributed by atoms with Crippen molar-refractivity contribution in [1.29, 1.82) is 0 Å². The Morgan fingerprint density at radius 1 is 1.45 bits per heavy atom. The van der Waals surface area contributed by atoms with Crippen molar-refractivity contribution in [2.45, 2.75) is 11.8 Å². The van der Waals surface area contributed by atoms with E-state index >= 15 is 0 Å². The quantitative estimate of drug-likeness (QED) is 0.720. The third kappa shape index (κ3) is 2.31. The van der Waals surface area contributed by atoms with Crippen LogP contribution in [-0.2, 0) is 0 Å². The normalized spacial score (nSPS) is 9.64. The Labute approximate surface area is 75.2 Å². The molecule has 0 unspecified atom stereocenters. The molecule has 0 saturated heterocycles. The molecule has 1 rings (SSSR count). The summed E-state index contributed by atoms with van der Waals surface area (Å²) >= 11 is 0. The van der Waals surface area contributed by atoms with Gasteiger partial charge in [0.15, 0.2) is 0 Å². The van der Waals surface area contributed by atoms with E-state index in [9.17, 15) is 0 Å². The van der Waals surface area contributed by atoms with Crippen molar-refractivity contribution in [3.8, 4) is 5.75 Å². The fourth-order valence-corrected chi connectivity index (χ4v) is 1.50. The number of halogens is 1. The first kappa shape index (κ1) is 8.75. The summed E-state index contributed by atoms with van der Waals surface area (Å²) in [6, 6.07) is 7.71. The molecule has 0 N–H and O–H groups in total. The molecule has 60 valence electrons. The summed E-state index contributed by atoms with van der Waals surface area (Å²) in [5.41, 5.74) is 0. The second kappa shape index (κ2) is 4.52. The van der Waals surface area contributed by atoms with Crippen LogP contribution in [0.1, 0.15) is 6.92 Å². The molecule has 1 aromatic carbocycles. The molecule has 0 aliphatic carbocycles. The van der Waals surface area contributed by atoms with Crippen LogP contribution in [0.15, 0.2) is 29.2 Å². The van der Waals surface area contributed by atoms with Crippen LogP contribution in [-0.4, -0.2) is 6.61 Å². The van der Waals surface area contributed by atoms with Crippen LogP contribution in [0.2, 0.25) is 0 Å². The molecule has 0 aliphatic heterocycles. The summed E-state index contributed by atoms with van der Waals surface area (Å²) < 4.78 is 5.32. The first-order chi connectivity index (χ1) is 5.38. The average molecular weight is 189 g/mol. The van der Waals surface area contributed by atoms with Gasteiger partial charge in [-0.15, -0.1) is 0 Å². The highest BCUT2D eigenvalue weighted by molar-refractivity contribution is 8.21. The predicted molar refractivity (Wildman–Crippen MR) is 49.3 cm³/mol. The Hall–Kier alpha value is -0.340. The Morgan fingerprint density at radius 3 is 2.82 bits per heavy atom. The molecular weight excluding hydrogens is 180 g/mol. The molecule has 0 bridgehead atoms. The number of hydrogen-bond acceptors (Lipinski definition) is 2. The van der Waals surface area contributed by atoms with Gasteiger partial charge in [0.05, 0.1) is 11.5 Å². The maximum atomic E-state index is 5.60. The summed E-state index contributed by atoms with van der Waals surface area (Å²) in [5, 5.41) is 0. The number of para-hydroxylation sites is 1. The number of benzene rings is 1. The van der Waals surface area contributed by atoms with Crippen LogP contribution in [0.5, 0.6) is 5.75 Å². The van der Waals surface area contributed by atoms with E-state index in [-0.39, 0.29) is 0 Å². The fourth-order valence-electron chi connectivity index (χ4n) is 0.789. The molecule has 1 aromatic rings. The zero-order chi connectivity index (χ0) is 8.10. The van der Waals surface area contributed by atoms with E-state index in [0.717, 1.165) is 10.6 Å². The lowest BCUT2D eigenvalue weighted by molar-refractivity contribution is 0.332. The van der Waals surface area contributed by atoms with E-state index < -0.39 is 0 Å². The first-order valence-corrected chi connectivity index (χ1v) is 5.03. The van der Waals surface area contributed by atoms with Gasteiger partial charge < -0.3 is 4.74 Å². The van der Waals surface area contributed by atoms with Gasteiger partial charge in [0.25, 0.3) is 0 Å². The minimum Gasteiger partial charge on any atom is -0.493 e. The molecule has 0 atom stereocenters. The standard InChI is InChI=1S/C8H9ClOS/c1-2-10-7-5-3-4-6-8(7)11-9/h3-6H,2H2,1H3. The fraction of sp³-hybridized carbons (Fsp3) is 0.250. The summed E-state index contributed by atoms with van der Waals surface area (Å²) in [7, 11) is 6.79. The molecule has 11 heavy (non-hydrogen) atoms. The summed E-state index contributed by atoms with van der Waals surface area (Å²) in [6.07, 6.45) is 0. The van der Waals surface area contributed by atoms with Crippen molar-refractivity contribution in [2.75, 3.05) is 6.61 Å². The Balaban J connectivity index is 2.83. The number of rotatable bonds is 3. The molecule has 0 radical (unpaired) electrons. The highest BCUT2D eigenvalue weighted by Gasteiger charge is 1.99. The van der Waals surface area contributed by atoms with Gasteiger partial charge in [-0.05, 0) is 40.7 Å². The highest BCUT2D eigenvalue weighted by atomic mass is 35.7. The summed E-state index contributed by atoms with van der Waals surface area (Å²) in [6.45, 7) is 2.63. The molecule has 0 fully saturated rings. The van der Waals surface area contributed by atoms with Crippen molar-refractivity contribution in [3.63, 3.8) is 0 Å². The topological polar surface area (TPSA) is 9.23 Å². The minimum atomic E-state index is 0.675. The predicted octanol–water partition coefficient (Wildman–Crippen LogP) is 3.33. The van der Waals surface area contributed by atoms with Gasteiger partial charge in [0.2, 0.25) is 0 Å². The van der Waals surface area contributed by atoms with E-state index in [1.807, 2.05) is 31.2 Å². The maximum Gasteiger partial charge on any atom is 0.134 e. The Morgan fingerprint density at radius 2 is 2.18 bits per heavy atom. The number of ether oxygens (including phenoxy) is 1. The largest absolute Gasteiger partial charge is 0.493 e. The zero-order valence-corrected chi connectivity index (χ0v) is 7.78. The van der Waals surface area contributed by atoms with Crippen LogP contribution < -0.4 is 4.74 Å². The van der Waals surface area contributed by atoms with Gasteiger partial charge in [0, 0.05) is 0 Å². The third-order valence-electron chi connectivity index (χ3n) is 1.23. The molecular formula is C8H9ClOS. The molecule has 0 heterocycles. The zero-order valence-electron chi connectivity index (χ0n) is 6.21. The van der Waals surface area contributed by atoms with Crippen molar-refractivity contribution in [3.05, 3.63) is 24.3 Å². The Kier molecular flexibility index (Phi) is 3.60. The van der Waals surface area contributed by atoms with Crippen molar-refractivity contribution < 1.29 is 4.74 Å². The number of hydrogen-bond donors (Lipinski definition) is 0. The lowest BCUT2D eigenvalue weighted by Crippen LogP contribution is -1.91. The van der Waals surface area contributed by atoms with Crippen molar-refractivity contribution in [2.24, 2.45) is 0 Å². The smallest absolute Gasteiger partial charge is 0.134 e. The minimum absolute atomic E-state index is 0.675. The second-order valence-electron chi connectivity index (χ2n) is 1.96. The summed E-state index contributed by atoms with van der Waals surface area (Å²) in [4.78, 5) is 0.969. The lowest BCUT2D eigenvalue weighted by Gasteiger charge is -2.05. The maximum absolute atomic E-state index is 5.60. The van der Waals surface area contributed by atoms with Crippen LogP contribution in [0.25, 0.3) is 0 Å². The van der Waals surface area contributed by atoms with E-state index in [2.05, 4.69) is 0 Å². The SMILES string of the molecule is CCOc1ccccc1SCl. The van der Waals surface area contributed by atoms with Crippen LogP contribution in [0.4, 0.5) is 0 Å². The van der Waals surface area contributed by atoms with Gasteiger partial charge >= 0.3 is 0 Å². The molecule has 0 amide bonds. The van der Waals surface area contributed by atoms with E-state index in [1.165, 1.54) is 11.0 Å². The molecule has 1 nitrogen and oxygen atoms in total. The van der Waals surface area contributed by atoms with E-state index in [4.69, 9.17) is 15.4 Å². The van der Waals surface area contributed by atoms with Gasteiger partial charge in [-0.2, -0.15) is 0 Å². The third-order valence-corrected chi connectivity index (χ3v) is 2.23. The van der Waals surface area contributed by atoms with Gasteiger partial charge in [-0.3, -0.25) is 0 Å². The van der Waals surface area contributed by atoms with Gasteiger partial charge in [-0.25, -0.2) is 0 Å². The van der Waals surface area contributed by atoms with Crippen LogP contribution in [0.3, 0.4) is 0 Å². The van der Waals surface area contributed by atoms with Crippen LogP contribution in [0, 0.1) is 0 Å².